The Bertz CT molecular complexity index is 2720. The number of amides is 6. The summed E-state index contributed by atoms with van der Waals surface area (Å²) >= 11 is 0. The lowest BCUT2D eigenvalue weighted by Gasteiger charge is -2.36. The van der Waals surface area contributed by atoms with Crippen molar-refractivity contribution in [2.24, 2.45) is 0 Å². The highest BCUT2D eigenvalue weighted by molar-refractivity contribution is 5.95. The second kappa shape index (κ2) is 28.6. The number of nitrogens with one attached hydrogen (secondary N) is 6. The summed E-state index contributed by atoms with van der Waals surface area (Å²) in [4.78, 5) is 86.0. The van der Waals surface area contributed by atoms with E-state index < -0.39 is 48.3 Å². The maximum Gasteiger partial charge on any atom is 0.246 e. The number of hydrogen-bond donors (Lipinski definition) is 6. The lowest BCUT2D eigenvalue weighted by atomic mass is 9.98. The zero-order chi connectivity index (χ0) is 57.5. The topological polar surface area (TPSA) is 242 Å². The predicted molar refractivity (Wildman–Crippen MR) is 310 cm³/mol. The molecule has 4 fully saturated rings. The number of hydrogen-bond acceptors (Lipinski definition) is 12. The highest BCUT2D eigenvalue weighted by atomic mass is 16.2. The first-order chi connectivity index (χ1) is 39.9. The molecule has 8 unspecified atom stereocenters. The zero-order valence-corrected chi connectivity index (χ0v) is 48.2. The van der Waals surface area contributed by atoms with Gasteiger partial charge in [-0.05, 0) is 140 Å². The Kier molecular flexibility index (Phi) is 20.7. The third-order valence-corrected chi connectivity index (χ3v) is 17.3. The van der Waals surface area contributed by atoms with Crippen LogP contribution in [-0.4, -0.2) is 138 Å². The van der Waals surface area contributed by atoms with E-state index in [4.69, 9.17) is 0 Å². The van der Waals surface area contributed by atoms with Crippen molar-refractivity contribution in [2.45, 2.75) is 203 Å². The van der Waals surface area contributed by atoms with Crippen molar-refractivity contribution < 1.29 is 28.8 Å². The average Bonchev–Trinajstić information content (AvgIpc) is 4.39. The molecule has 438 valence electrons. The molecule has 2 aromatic heterocycles. The Balaban J connectivity index is 0.734. The number of benzene rings is 3. The average molecular weight is 1120 g/mol. The van der Waals surface area contributed by atoms with Crippen LogP contribution >= 0.6 is 0 Å². The summed E-state index contributed by atoms with van der Waals surface area (Å²) in [5, 5.41) is 36.4. The second-order valence-electron chi connectivity index (χ2n) is 22.9. The quantitative estimate of drug-likeness (QED) is 0.0427. The van der Waals surface area contributed by atoms with Crippen molar-refractivity contribution in [3.63, 3.8) is 0 Å². The molecule has 4 aliphatic rings. The van der Waals surface area contributed by atoms with Crippen LogP contribution in [-0.2, 0) is 54.7 Å². The molecule has 82 heavy (non-hydrogen) atoms. The fourth-order valence-corrected chi connectivity index (χ4v) is 12.3. The molecule has 0 bridgehead atoms. The van der Waals surface area contributed by atoms with E-state index in [1.165, 1.54) is 11.1 Å². The first kappa shape index (κ1) is 59.3. The smallest absolute Gasteiger partial charge is 0.246 e. The Labute approximate surface area is 482 Å². The molecule has 20 nitrogen and oxygen atoms in total. The summed E-state index contributed by atoms with van der Waals surface area (Å²) in [6, 6.07) is 23.5. The Morgan fingerprint density at radius 1 is 0.512 bits per heavy atom. The Hall–Kier alpha value is -7.32. The van der Waals surface area contributed by atoms with Gasteiger partial charge in [0.15, 0.2) is 0 Å². The number of rotatable bonds is 24. The molecule has 3 aromatic carbocycles. The van der Waals surface area contributed by atoms with Gasteiger partial charge >= 0.3 is 0 Å². The van der Waals surface area contributed by atoms with Crippen LogP contribution in [0.5, 0.6) is 0 Å². The van der Waals surface area contributed by atoms with Crippen LogP contribution in [0.2, 0.25) is 0 Å². The highest BCUT2D eigenvalue weighted by Gasteiger charge is 2.46. The SMILES string of the molecule is CNC(C)C(=O)NC1CCCC[C@H]2CCC(C(=O)NC(c3ccccc3)c3cn(CCCCc4ccc(CCCCn5cc(C(NC(=O)C6CC[C@@H]7CCCCC(NC(=O)C(C)NC)C(=O)N67)c6ccccc6)nn5)cc4)nn3)N2C1=O. The third kappa shape index (κ3) is 14.8. The van der Waals surface area contributed by atoms with Crippen LogP contribution in [0.3, 0.4) is 0 Å². The maximum absolute atomic E-state index is 14.3. The number of likely N-dealkylation sites (N-methyl/N-ethyl adjacent to an activating group) is 2. The molecule has 9 rings (SSSR count). The standard InChI is InChI=1S/C62H84N14O6/c1-41(63-3)57(77)65-49-27-13-11-25-47-33-35-53(75(47)61(49)81)59(79)67-55(45-21-7-5-8-22-45)51-39-73(71-69-51)37-17-15-19-43-29-31-44(32-30-43)20-16-18-38-74-40-52(70-72-74)56(46-23-9-6-10-24-46)68-60(80)54-36-34-48-26-12-14-28-50(62(82)76(48)54)66-58(78)42(2)64-4/h5-10,21-24,29-32,39-42,47-50,53-56,63-64H,11-20,25-28,33-38H2,1-4H3,(H,65,77)(H,66,78)(H,67,79)(H,68,80)/t41?,42?,47-,48-,49?,50?,53?,54?,55?,56?/m0/s1. The number of carbonyl (C=O) groups excluding carboxylic acids is 6. The summed E-state index contributed by atoms with van der Waals surface area (Å²) < 4.78 is 3.68. The van der Waals surface area contributed by atoms with Gasteiger partial charge in [0, 0.05) is 25.2 Å². The monoisotopic (exact) mass is 1120 g/mol. The van der Waals surface area contributed by atoms with Gasteiger partial charge in [0.2, 0.25) is 35.4 Å². The highest BCUT2D eigenvalue weighted by Crippen LogP contribution is 2.34. The molecule has 0 radical (unpaired) electrons. The van der Waals surface area contributed by atoms with Gasteiger partial charge in [0.05, 0.1) is 36.6 Å². The van der Waals surface area contributed by atoms with Crippen molar-refractivity contribution >= 4 is 35.4 Å². The van der Waals surface area contributed by atoms with Gasteiger partial charge in [-0.3, -0.25) is 38.1 Å². The van der Waals surface area contributed by atoms with Gasteiger partial charge in [-0.1, -0.05) is 121 Å². The molecule has 6 heterocycles. The van der Waals surface area contributed by atoms with Crippen LogP contribution in [0, 0.1) is 0 Å². The van der Waals surface area contributed by atoms with Crippen molar-refractivity contribution in [3.8, 4) is 0 Å². The van der Waals surface area contributed by atoms with Crippen molar-refractivity contribution in [3.05, 3.63) is 131 Å². The summed E-state index contributed by atoms with van der Waals surface area (Å²) in [6.45, 7) is 4.86. The fourth-order valence-electron chi connectivity index (χ4n) is 12.3. The fraction of sp³-hybridized carbons (Fsp3) is 0.548. The van der Waals surface area contributed by atoms with Crippen molar-refractivity contribution in [2.75, 3.05) is 14.1 Å². The molecule has 4 aliphatic heterocycles. The predicted octanol–water partition coefficient (Wildman–Crippen LogP) is 5.38. The lowest BCUT2D eigenvalue weighted by molar-refractivity contribution is -0.144. The molecule has 0 aliphatic carbocycles. The number of carbonyl (C=O) groups is 6. The van der Waals surface area contributed by atoms with Crippen LogP contribution in [0.25, 0.3) is 0 Å². The first-order valence-corrected chi connectivity index (χ1v) is 30.1. The summed E-state index contributed by atoms with van der Waals surface area (Å²) in [5.41, 5.74) is 5.53. The van der Waals surface area contributed by atoms with Gasteiger partial charge < -0.3 is 41.7 Å². The van der Waals surface area contributed by atoms with E-state index in [0.29, 0.717) is 50.2 Å². The molecule has 5 aromatic rings. The number of unbranched alkanes of at least 4 members (excludes halogenated alkanes) is 2. The number of nitrogens with zero attached hydrogens (tertiary/aromatic N) is 8. The summed E-state index contributed by atoms with van der Waals surface area (Å²) in [5.74, 6) is -1.31. The minimum absolute atomic E-state index is 0.0483. The van der Waals surface area contributed by atoms with Gasteiger partial charge in [0.25, 0.3) is 0 Å². The third-order valence-electron chi connectivity index (χ3n) is 17.3. The van der Waals surface area contributed by atoms with E-state index in [-0.39, 0.29) is 47.5 Å². The largest absolute Gasteiger partial charge is 0.343 e. The normalized spacial score (nSPS) is 22.5. The van der Waals surface area contributed by atoms with Crippen LogP contribution in [0.4, 0.5) is 0 Å². The van der Waals surface area contributed by atoms with E-state index in [9.17, 15) is 28.8 Å². The number of aryl methyl sites for hydroxylation is 4. The minimum atomic E-state index is -0.676. The van der Waals surface area contributed by atoms with Gasteiger partial charge in [-0.2, -0.15) is 0 Å². The molecule has 10 atom stereocenters. The lowest BCUT2D eigenvalue weighted by Crippen LogP contribution is -2.58. The van der Waals surface area contributed by atoms with Gasteiger partial charge in [-0.15, -0.1) is 10.2 Å². The zero-order valence-electron chi connectivity index (χ0n) is 48.2. The summed E-state index contributed by atoms with van der Waals surface area (Å²) in [7, 11) is 3.43. The minimum Gasteiger partial charge on any atom is -0.343 e. The van der Waals surface area contributed by atoms with E-state index in [1.54, 1.807) is 37.7 Å². The molecular weight excluding hydrogens is 1040 g/mol. The van der Waals surface area contributed by atoms with Crippen molar-refractivity contribution in [1.29, 1.82) is 0 Å². The molecule has 20 heteroatoms. The molecule has 0 saturated carbocycles. The van der Waals surface area contributed by atoms with Crippen LogP contribution in [0.15, 0.2) is 97.3 Å². The van der Waals surface area contributed by atoms with E-state index in [0.717, 1.165) is 101 Å². The van der Waals surface area contributed by atoms with Crippen molar-refractivity contribution in [1.82, 2.24) is 71.7 Å². The van der Waals surface area contributed by atoms with Gasteiger partial charge in [-0.25, -0.2) is 0 Å². The van der Waals surface area contributed by atoms with Gasteiger partial charge in [0.1, 0.15) is 35.6 Å². The van der Waals surface area contributed by atoms with E-state index in [2.05, 4.69) is 76.8 Å². The molecule has 6 N–H and O–H groups in total. The van der Waals surface area contributed by atoms with Crippen LogP contribution < -0.4 is 31.9 Å². The Morgan fingerprint density at radius 2 is 0.902 bits per heavy atom. The molecular formula is C62H84N14O6. The first-order valence-electron chi connectivity index (χ1n) is 30.1. The number of fused-ring (bicyclic) bond motifs is 2. The summed E-state index contributed by atoms with van der Waals surface area (Å²) in [6.07, 6.45) is 18.2. The molecule has 6 amide bonds. The number of aromatic nitrogens is 6. The second-order valence-corrected chi connectivity index (χ2v) is 22.9. The molecule has 0 spiro atoms. The maximum atomic E-state index is 14.3. The molecule has 4 saturated heterocycles. The Morgan fingerprint density at radius 3 is 1.29 bits per heavy atom. The van der Waals surface area contributed by atoms with E-state index in [1.807, 2.05) is 82.4 Å². The van der Waals surface area contributed by atoms with Crippen LogP contribution in [0.1, 0.15) is 162 Å². The van der Waals surface area contributed by atoms with E-state index >= 15 is 0 Å².